The highest BCUT2D eigenvalue weighted by molar-refractivity contribution is 5.89. The normalized spacial score (nSPS) is 15.4. The summed E-state index contributed by atoms with van der Waals surface area (Å²) in [5.41, 5.74) is 3.02. The molecule has 214 valence electrons. The van der Waals surface area contributed by atoms with Gasteiger partial charge >= 0.3 is 0 Å². The number of nitrogens with one attached hydrogen (secondary N) is 1. The van der Waals surface area contributed by atoms with Gasteiger partial charge in [-0.1, -0.05) is 23.4 Å². The first-order valence-electron chi connectivity index (χ1n) is 13.6. The smallest absolute Gasteiger partial charge is 0.247 e. The number of amides is 2. The molecule has 0 saturated carbocycles. The van der Waals surface area contributed by atoms with Gasteiger partial charge in [0.15, 0.2) is 11.5 Å². The third kappa shape index (κ3) is 6.63. The molecule has 3 heterocycles. The van der Waals surface area contributed by atoms with Crippen LogP contribution in [-0.4, -0.2) is 76.7 Å². The molecule has 11 heteroatoms. The number of hydrogen-bond acceptors (Lipinski definition) is 8. The fourth-order valence-electron chi connectivity index (χ4n) is 5.07. The Hall–Kier alpha value is -4.51. The number of benzene rings is 2. The van der Waals surface area contributed by atoms with E-state index < -0.39 is 6.04 Å². The number of carbonyl (C=O) groups is 2. The van der Waals surface area contributed by atoms with Gasteiger partial charge in [-0.05, 0) is 66.8 Å². The van der Waals surface area contributed by atoms with Gasteiger partial charge in [-0.25, -0.2) is 4.68 Å². The Labute approximate surface area is 238 Å². The van der Waals surface area contributed by atoms with Crippen LogP contribution in [-0.2, 0) is 27.3 Å². The van der Waals surface area contributed by atoms with Gasteiger partial charge in [-0.3, -0.25) is 14.6 Å². The SMILES string of the molecule is COc1ccc(CCN(C(=O)Cn2nnc3ccccc32)[C@H](C(=O)NC[C@H]2CCCO2)c2ccncc2)cc1OC. The topological polar surface area (TPSA) is 121 Å². The Bertz CT molecular complexity index is 1470. The minimum Gasteiger partial charge on any atom is -0.493 e. The summed E-state index contributed by atoms with van der Waals surface area (Å²) >= 11 is 0. The fraction of sp³-hybridized carbons (Fsp3) is 0.367. The number of para-hydroxylation sites is 1. The van der Waals surface area contributed by atoms with Gasteiger partial charge in [-0.15, -0.1) is 5.10 Å². The molecule has 4 aromatic rings. The summed E-state index contributed by atoms with van der Waals surface area (Å²) in [6.07, 6.45) is 5.55. The second-order valence-electron chi connectivity index (χ2n) is 9.83. The standard InChI is InChI=1S/C30H34N6O5/c1-39-26-10-9-21(18-27(26)40-2)13-16-35(28(37)20-36-25-8-4-3-7-24(25)33-34-36)29(22-11-14-31-15-12-22)30(38)32-19-23-6-5-17-41-23/h3-4,7-12,14-15,18,23,29H,5-6,13,16-17,19-20H2,1-2H3,(H,32,38)/t23-,29+/m1/s1. The van der Waals surface area contributed by atoms with Gasteiger partial charge < -0.3 is 24.4 Å². The molecule has 1 fully saturated rings. The van der Waals surface area contributed by atoms with E-state index in [2.05, 4.69) is 20.6 Å². The average Bonchev–Trinajstić information content (AvgIpc) is 3.68. The molecule has 0 unspecified atom stereocenters. The first-order valence-corrected chi connectivity index (χ1v) is 13.6. The summed E-state index contributed by atoms with van der Waals surface area (Å²) < 4.78 is 18.1. The number of rotatable bonds is 12. The lowest BCUT2D eigenvalue weighted by Crippen LogP contribution is -2.47. The van der Waals surface area contributed by atoms with Crippen LogP contribution in [0.1, 0.15) is 30.0 Å². The quantitative estimate of drug-likeness (QED) is 0.282. The summed E-state index contributed by atoms with van der Waals surface area (Å²) in [7, 11) is 3.16. The van der Waals surface area contributed by atoms with Crippen molar-refractivity contribution in [3.8, 4) is 11.5 Å². The van der Waals surface area contributed by atoms with Crippen LogP contribution in [0.2, 0.25) is 0 Å². The molecule has 2 amide bonds. The highest BCUT2D eigenvalue weighted by atomic mass is 16.5. The minimum atomic E-state index is -0.887. The number of aromatic nitrogens is 4. The second-order valence-corrected chi connectivity index (χ2v) is 9.83. The molecule has 2 aromatic heterocycles. The fourth-order valence-corrected chi connectivity index (χ4v) is 5.07. The Kier molecular flexibility index (Phi) is 9.05. The molecule has 41 heavy (non-hydrogen) atoms. The maximum atomic E-state index is 14.1. The molecule has 0 spiro atoms. The van der Waals surface area contributed by atoms with Crippen molar-refractivity contribution in [1.29, 1.82) is 0 Å². The van der Waals surface area contributed by atoms with Crippen molar-refractivity contribution in [2.75, 3.05) is 33.9 Å². The van der Waals surface area contributed by atoms with E-state index in [0.717, 1.165) is 23.9 Å². The Morgan fingerprint density at radius 2 is 1.90 bits per heavy atom. The highest BCUT2D eigenvalue weighted by Gasteiger charge is 2.32. The minimum absolute atomic E-state index is 0.0329. The van der Waals surface area contributed by atoms with Crippen LogP contribution in [0.15, 0.2) is 67.0 Å². The van der Waals surface area contributed by atoms with Crippen LogP contribution in [0.25, 0.3) is 11.0 Å². The molecule has 1 aliphatic rings. The van der Waals surface area contributed by atoms with Crippen molar-refractivity contribution in [3.63, 3.8) is 0 Å². The molecular formula is C30H34N6O5. The van der Waals surface area contributed by atoms with E-state index in [4.69, 9.17) is 14.2 Å². The van der Waals surface area contributed by atoms with Gasteiger partial charge in [0.25, 0.3) is 0 Å². The Morgan fingerprint density at radius 1 is 1.10 bits per heavy atom. The maximum Gasteiger partial charge on any atom is 0.247 e. The van der Waals surface area contributed by atoms with E-state index in [9.17, 15) is 9.59 Å². The van der Waals surface area contributed by atoms with E-state index in [0.29, 0.717) is 42.2 Å². The summed E-state index contributed by atoms with van der Waals surface area (Å²) in [5, 5.41) is 11.4. The van der Waals surface area contributed by atoms with Crippen molar-refractivity contribution in [1.82, 2.24) is 30.2 Å². The largest absolute Gasteiger partial charge is 0.493 e. The Morgan fingerprint density at radius 3 is 2.66 bits per heavy atom. The van der Waals surface area contributed by atoms with Gasteiger partial charge in [0, 0.05) is 32.1 Å². The molecule has 1 saturated heterocycles. The van der Waals surface area contributed by atoms with Crippen LogP contribution in [0.5, 0.6) is 11.5 Å². The van der Waals surface area contributed by atoms with E-state index in [1.807, 2.05) is 42.5 Å². The molecule has 2 atom stereocenters. The van der Waals surface area contributed by atoms with Gasteiger partial charge in [0.05, 0.1) is 25.8 Å². The predicted octanol–water partition coefficient (Wildman–Crippen LogP) is 2.95. The summed E-state index contributed by atoms with van der Waals surface area (Å²) in [4.78, 5) is 33.6. The highest BCUT2D eigenvalue weighted by Crippen LogP contribution is 2.29. The molecule has 5 rings (SSSR count). The second kappa shape index (κ2) is 13.2. The third-order valence-corrected chi connectivity index (χ3v) is 7.22. The van der Waals surface area contributed by atoms with Crippen LogP contribution in [0.4, 0.5) is 0 Å². The third-order valence-electron chi connectivity index (χ3n) is 7.22. The molecule has 2 aromatic carbocycles. The monoisotopic (exact) mass is 558 g/mol. The first kappa shape index (κ1) is 28.0. The van der Waals surface area contributed by atoms with Crippen molar-refractivity contribution >= 4 is 22.8 Å². The van der Waals surface area contributed by atoms with E-state index in [1.165, 1.54) is 0 Å². The first-order chi connectivity index (χ1) is 20.1. The van der Waals surface area contributed by atoms with Gasteiger partial charge in [0.2, 0.25) is 11.8 Å². The lowest BCUT2D eigenvalue weighted by Gasteiger charge is -2.32. The van der Waals surface area contributed by atoms with Gasteiger partial charge in [0.1, 0.15) is 18.1 Å². The van der Waals surface area contributed by atoms with Crippen LogP contribution in [0.3, 0.4) is 0 Å². The van der Waals surface area contributed by atoms with Crippen molar-refractivity contribution in [2.45, 2.75) is 38.0 Å². The number of carbonyl (C=O) groups excluding carboxylic acids is 2. The Balaban J connectivity index is 1.45. The van der Waals surface area contributed by atoms with Gasteiger partial charge in [-0.2, -0.15) is 0 Å². The van der Waals surface area contributed by atoms with E-state index in [1.54, 1.807) is 48.3 Å². The number of pyridine rings is 1. The van der Waals surface area contributed by atoms with Crippen molar-refractivity contribution < 1.29 is 23.8 Å². The van der Waals surface area contributed by atoms with Crippen molar-refractivity contribution in [3.05, 3.63) is 78.1 Å². The molecule has 11 nitrogen and oxygen atoms in total. The lowest BCUT2D eigenvalue weighted by atomic mass is 10.0. The molecule has 1 aliphatic heterocycles. The maximum absolute atomic E-state index is 14.1. The number of methoxy groups -OCH3 is 2. The van der Waals surface area contributed by atoms with Crippen LogP contribution < -0.4 is 14.8 Å². The van der Waals surface area contributed by atoms with E-state index >= 15 is 0 Å². The van der Waals surface area contributed by atoms with E-state index in [-0.39, 0.29) is 31.0 Å². The summed E-state index contributed by atoms with van der Waals surface area (Å²) in [6, 6.07) is 15.7. The number of nitrogens with zero attached hydrogens (tertiary/aromatic N) is 5. The average molecular weight is 559 g/mol. The predicted molar refractivity (Wildman–Crippen MR) is 151 cm³/mol. The number of ether oxygens (including phenoxy) is 3. The zero-order valence-corrected chi connectivity index (χ0v) is 23.2. The molecule has 1 N–H and O–H groups in total. The number of fused-ring (bicyclic) bond motifs is 1. The number of hydrogen-bond donors (Lipinski definition) is 1. The molecule has 0 radical (unpaired) electrons. The van der Waals surface area contributed by atoms with Crippen LogP contribution in [0, 0.1) is 0 Å². The summed E-state index contributed by atoms with van der Waals surface area (Å²) in [5.74, 6) is 0.661. The molecule has 0 bridgehead atoms. The molecular weight excluding hydrogens is 524 g/mol. The van der Waals surface area contributed by atoms with Crippen LogP contribution >= 0.6 is 0 Å². The lowest BCUT2D eigenvalue weighted by molar-refractivity contribution is -0.141. The van der Waals surface area contributed by atoms with Crippen molar-refractivity contribution in [2.24, 2.45) is 0 Å². The zero-order chi connectivity index (χ0) is 28.6. The molecule has 0 aliphatic carbocycles. The summed E-state index contributed by atoms with van der Waals surface area (Å²) in [6.45, 7) is 1.26. The zero-order valence-electron chi connectivity index (χ0n) is 23.2.